The molecular weight excluding hydrogens is 370 g/mol. The van der Waals surface area contributed by atoms with Gasteiger partial charge >= 0.3 is 0 Å². The quantitative estimate of drug-likeness (QED) is 0.712. The second-order valence-electron chi connectivity index (χ2n) is 7.18. The van der Waals surface area contributed by atoms with Gasteiger partial charge in [-0.2, -0.15) is 5.10 Å². The van der Waals surface area contributed by atoms with E-state index in [0.717, 1.165) is 44.0 Å². The van der Waals surface area contributed by atoms with E-state index in [1.54, 1.807) is 12.4 Å². The Labute approximate surface area is 173 Å². The summed E-state index contributed by atoms with van der Waals surface area (Å²) in [5.74, 6) is 0. The van der Waals surface area contributed by atoms with Crippen molar-refractivity contribution in [3.63, 3.8) is 0 Å². The molecule has 28 heavy (non-hydrogen) atoms. The molecular formula is C22H28ClN5. The largest absolute Gasteiger partial charge is 0.314 e. The average molecular weight is 398 g/mol. The molecule has 1 fully saturated rings. The van der Waals surface area contributed by atoms with E-state index in [-0.39, 0.29) is 12.4 Å². The lowest BCUT2D eigenvalue weighted by Gasteiger charge is -2.36. The van der Waals surface area contributed by atoms with Gasteiger partial charge in [0.05, 0.1) is 11.4 Å². The van der Waals surface area contributed by atoms with Gasteiger partial charge in [-0.15, -0.1) is 12.4 Å². The van der Waals surface area contributed by atoms with E-state index in [4.69, 9.17) is 5.10 Å². The maximum Gasteiger partial charge on any atom is 0.0676 e. The molecule has 1 N–H and O–H groups in total. The molecule has 1 atom stereocenters. The van der Waals surface area contributed by atoms with Crippen LogP contribution < -0.4 is 5.32 Å². The fourth-order valence-corrected chi connectivity index (χ4v) is 3.74. The molecule has 148 valence electrons. The van der Waals surface area contributed by atoms with Crippen LogP contribution in [0.3, 0.4) is 0 Å². The molecule has 3 heterocycles. The zero-order chi connectivity index (χ0) is 18.6. The lowest BCUT2D eigenvalue weighted by atomic mass is 10.0. The molecule has 3 aromatic rings. The van der Waals surface area contributed by atoms with Crippen molar-refractivity contribution in [3.8, 4) is 5.69 Å². The SMILES string of the molecule is CCc1ccc(C2CNCCN2Cc2cn(-c3ccncc3)nc2C)cc1.Cl. The first-order valence-electron chi connectivity index (χ1n) is 9.73. The lowest BCUT2D eigenvalue weighted by Crippen LogP contribution is -2.45. The third kappa shape index (κ3) is 4.43. The number of aromatic nitrogens is 3. The van der Waals surface area contributed by atoms with Crippen LogP contribution in [0, 0.1) is 6.92 Å². The van der Waals surface area contributed by atoms with Crippen LogP contribution >= 0.6 is 12.4 Å². The number of rotatable bonds is 5. The Morgan fingerprint density at radius 3 is 2.57 bits per heavy atom. The summed E-state index contributed by atoms with van der Waals surface area (Å²) < 4.78 is 1.96. The number of aryl methyl sites for hydroxylation is 2. The van der Waals surface area contributed by atoms with E-state index < -0.39 is 0 Å². The van der Waals surface area contributed by atoms with Crippen molar-refractivity contribution >= 4 is 12.4 Å². The minimum absolute atomic E-state index is 0. The topological polar surface area (TPSA) is 46.0 Å². The predicted octanol–water partition coefficient (Wildman–Crippen LogP) is 3.71. The summed E-state index contributed by atoms with van der Waals surface area (Å²) in [6.45, 7) is 8.27. The molecule has 0 saturated carbocycles. The Kier molecular flexibility index (Phi) is 6.83. The zero-order valence-electron chi connectivity index (χ0n) is 16.5. The molecule has 4 rings (SSSR count). The molecule has 0 spiro atoms. The predicted molar refractivity (Wildman–Crippen MR) is 115 cm³/mol. The molecule has 0 radical (unpaired) electrons. The summed E-state index contributed by atoms with van der Waals surface area (Å²) in [6, 6.07) is 13.5. The number of pyridine rings is 1. The van der Waals surface area contributed by atoms with E-state index in [9.17, 15) is 0 Å². The Bertz CT molecular complexity index is 876. The van der Waals surface area contributed by atoms with E-state index >= 15 is 0 Å². The van der Waals surface area contributed by atoms with Crippen LogP contribution in [0.1, 0.15) is 35.3 Å². The van der Waals surface area contributed by atoms with Gasteiger partial charge in [-0.25, -0.2) is 4.68 Å². The number of piperazine rings is 1. The van der Waals surface area contributed by atoms with E-state index in [0.29, 0.717) is 6.04 Å². The maximum absolute atomic E-state index is 4.71. The van der Waals surface area contributed by atoms with Crippen molar-refractivity contribution in [2.24, 2.45) is 0 Å². The Balaban J connectivity index is 0.00000225. The number of hydrogen-bond acceptors (Lipinski definition) is 4. The van der Waals surface area contributed by atoms with Gasteiger partial charge in [0, 0.05) is 56.4 Å². The van der Waals surface area contributed by atoms with Crippen LogP contribution in [-0.4, -0.2) is 39.3 Å². The van der Waals surface area contributed by atoms with Crippen molar-refractivity contribution < 1.29 is 0 Å². The number of nitrogens with one attached hydrogen (secondary N) is 1. The zero-order valence-corrected chi connectivity index (χ0v) is 17.3. The van der Waals surface area contributed by atoms with Gasteiger partial charge in [0.25, 0.3) is 0 Å². The highest BCUT2D eigenvalue weighted by molar-refractivity contribution is 5.85. The third-order valence-electron chi connectivity index (χ3n) is 5.43. The van der Waals surface area contributed by atoms with Gasteiger partial charge < -0.3 is 5.32 Å². The van der Waals surface area contributed by atoms with Gasteiger partial charge in [-0.1, -0.05) is 31.2 Å². The highest BCUT2D eigenvalue weighted by Gasteiger charge is 2.24. The van der Waals surface area contributed by atoms with Crippen molar-refractivity contribution in [3.05, 3.63) is 77.4 Å². The molecule has 5 nitrogen and oxygen atoms in total. The van der Waals surface area contributed by atoms with Gasteiger partial charge in [-0.3, -0.25) is 9.88 Å². The average Bonchev–Trinajstić information content (AvgIpc) is 3.10. The van der Waals surface area contributed by atoms with Crippen LogP contribution in [0.25, 0.3) is 5.69 Å². The second kappa shape index (κ2) is 9.32. The number of benzene rings is 1. The van der Waals surface area contributed by atoms with E-state index in [1.165, 1.54) is 16.7 Å². The third-order valence-corrected chi connectivity index (χ3v) is 5.43. The summed E-state index contributed by atoms with van der Waals surface area (Å²) in [5, 5.41) is 8.27. The fraction of sp³-hybridized carbons (Fsp3) is 0.364. The molecule has 0 bridgehead atoms. The Morgan fingerprint density at radius 2 is 1.86 bits per heavy atom. The first-order chi connectivity index (χ1) is 13.2. The molecule has 1 unspecified atom stereocenters. The van der Waals surface area contributed by atoms with Crippen molar-refractivity contribution in [2.45, 2.75) is 32.9 Å². The highest BCUT2D eigenvalue weighted by Crippen LogP contribution is 2.25. The smallest absolute Gasteiger partial charge is 0.0676 e. The van der Waals surface area contributed by atoms with Crippen LogP contribution in [0.5, 0.6) is 0 Å². The Morgan fingerprint density at radius 1 is 1.11 bits per heavy atom. The van der Waals surface area contributed by atoms with Gasteiger partial charge in [0.1, 0.15) is 0 Å². The normalized spacial score (nSPS) is 17.3. The number of halogens is 1. The van der Waals surface area contributed by atoms with Gasteiger partial charge in [-0.05, 0) is 36.6 Å². The lowest BCUT2D eigenvalue weighted by molar-refractivity contribution is 0.153. The van der Waals surface area contributed by atoms with Gasteiger partial charge in [0.15, 0.2) is 0 Å². The Hall–Kier alpha value is -2.21. The summed E-state index contributed by atoms with van der Waals surface area (Å²) in [5.41, 5.74) is 6.20. The minimum atomic E-state index is 0. The summed E-state index contributed by atoms with van der Waals surface area (Å²) in [4.78, 5) is 6.66. The van der Waals surface area contributed by atoms with Gasteiger partial charge in [0.2, 0.25) is 0 Å². The van der Waals surface area contributed by atoms with Crippen LogP contribution in [0.15, 0.2) is 55.0 Å². The monoisotopic (exact) mass is 397 g/mol. The summed E-state index contributed by atoms with van der Waals surface area (Å²) >= 11 is 0. The first-order valence-corrected chi connectivity index (χ1v) is 9.73. The summed E-state index contributed by atoms with van der Waals surface area (Å²) in [6.07, 6.45) is 6.85. The molecule has 1 aliphatic heterocycles. The molecule has 0 amide bonds. The van der Waals surface area contributed by atoms with Crippen LogP contribution in [0.2, 0.25) is 0 Å². The van der Waals surface area contributed by atoms with E-state index in [1.807, 2.05) is 16.8 Å². The standard InChI is InChI=1S/C22H27N5.ClH/c1-3-18-4-6-19(7-5-18)22-14-24-12-13-26(22)15-20-16-27(25-17(20)2)21-8-10-23-11-9-21;/h4-11,16,22,24H,3,12-15H2,1-2H3;1H. The minimum Gasteiger partial charge on any atom is -0.314 e. The molecule has 0 aliphatic carbocycles. The molecule has 1 aliphatic rings. The number of nitrogens with zero attached hydrogens (tertiary/aromatic N) is 4. The van der Waals surface area contributed by atoms with Crippen molar-refractivity contribution in [1.29, 1.82) is 0 Å². The van der Waals surface area contributed by atoms with Crippen LogP contribution in [0.4, 0.5) is 0 Å². The first kappa shape index (κ1) is 20.5. The van der Waals surface area contributed by atoms with Crippen molar-refractivity contribution in [2.75, 3.05) is 19.6 Å². The number of hydrogen-bond donors (Lipinski definition) is 1. The molecule has 2 aromatic heterocycles. The molecule has 1 saturated heterocycles. The van der Waals surface area contributed by atoms with E-state index in [2.05, 4.69) is 59.5 Å². The molecule has 1 aromatic carbocycles. The second-order valence-corrected chi connectivity index (χ2v) is 7.18. The highest BCUT2D eigenvalue weighted by atomic mass is 35.5. The van der Waals surface area contributed by atoms with Crippen LogP contribution in [-0.2, 0) is 13.0 Å². The van der Waals surface area contributed by atoms with Crippen molar-refractivity contribution in [1.82, 2.24) is 25.0 Å². The molecule has 6 heteroatoms. The maximum atomic E-state index is 4.71. The fourth-order valence-electron chi connectivity index (χ4n) is 3.74. The summed E-state index contributed by atoms with van der Waals surface area (Å²) in [7, 11) is 0.